The molecule has 0 spiro atoms. The molecule has 0 aliphatic carbocycles. The maximum Gasteiger partial charge on any atom is 0.123 e. The molecule has 1 atom stereocenters. The van der Waals surface area contributed by atoms with Crippen molar-refractivity contribution in [1.82, 2.24) is 5.43 Å². The second-order valence-corrected chi connectivity index (χ2v) is 4.94. The van der Waals surface area contributed by atoms with E-state index in [1.807, 2.05) is 13.0 Å². The van der Waals surface area contributed by atoms with E-state index in [1.165, 1.54) is 6.07 Å². The highest BCUT2D eigenvalue weighted by molar-refractivity contribution is 5.30. The van der Waals surface area contributed by atoms with E-state index < -0.39 is 0 Å². The van der Waals surface area contributed by atoms with E-state index in [2.05, 4.69) is 26.2 Å². The van der Waals surface area contributed by atoms with Crippen LogP contribution in [0.5, 0.6) is 0 Å². The normalized spacial score (nSPS) is 13.9. The molecule has 0 aliphatic rings. The Balaban J connectivity index is 3.14. The third-order valence-corrected chi connectivity index (χ3v) is 3.40. The molecule has 3 N–H and O–H groups in total. The molecule has 0 fully saturated rings. The minimum Gasteiger partial charge on any atom is -0.271 e. The summed E-state index contributed by atoms with van der Waals surface area (Å²) >= 11 is 0. The topological polar surface area (TPSA) is 38.0 Å². The molecule has 16 heavy (non-hydrogen) atoms. The van der Waals surface area contributed by atoms with E-state index in [1.54, 1.807) is 6.07 Å². The summed E-state index contributed by atoms with van der Waals surface area (Å²) in [5, 5.41) is 0. The number of nitrogens with two attached hydrogens (primary N) is 1. The molecule has 0 radical (unpaired) electrons. The predicted octanol–water partition coefficient (Wildman–Crippen LogP) is 3.07. The summed E-state index contributed by atoms with van der Waals surface area (Å²) in [7, 11) is 0. The number of nitrogens with one attached hydrogen (secondary N) is 1. The first-order chi connectivity index (χ1) is 7.42. The molecular formula is C13H21FN2. The third kappa shape index (κ3) is 2.60. The fourth-order valence-electron chi connectivity index (χ4n) is 1.90. The van der Waals surface area contributed by atoms with Crippen LogP contribution in [0.25, 0.3) is 0 Å². The molecule has 1 rings (SSSR count). The van der Waals surface area contributed by atoms with Crippen molar-refractivity contribution in [2.75, 3.05) is 0 Å². The maximum absolute atomic E-state index is 13.0. The lowest BCUT2D eigenvalue weighted by molar-refractivity contribution is 0.235. The number of halogens is 1. The summed E-state index contributed by atoms with van der Waals surface area (Å²) in [5.74, 6) is 5.43. The minimum atomic E-state index is -0.202. The average molecular weight is 224 g/mol. The van der Waals surface area contributed by atoms with Crippen LogP contribution in [0.15, 0.2) is 18.2 Å². The van der Waals surface area contributed by atoms with Gasteiger partial charge in [-0.3, -0.25) is 11.3 Å². The smallest absolute Gasteiger partial charge is 0.123 e. The Morgan fingerprint density at radius 2 is 2.06 bits per heavy atom. The molecule has 1 aromatic carbocycles. The molecule has 0 aromatic heterocycles. The zero-order valence-corrected chi connectivity index (χ0v) is 10.5. The second-order valence-electron chi connectivity index (χ2n) is 4.94. The second kappa shape index (κ2) is 4.93. The van der Waals surface area contributed by atoms with E-state index in [0.29, 0.717) is 0 Å². The average Bonchev–Trinajstić information content (AvgIpc) is 2.22. The van der Waals surface area contributed by atoms with Crippen LogP contribution in [0.1, 0.15) is 44.4 Å². The van der Waals surface area contributed by atoms with Crippen LogP contribution in [-0.4, -0.2) is 0 Å². The molecule has 0 amide bonds. The monoisotopic (exact) mass is 224 g/mol. The van der Waals surface area contributed by atoms with Crippen molar-refractivity contribution in [1.29, 1.82) is 0 Å². The van der Waals surface area contributed by atoms with Crippen molar-refractivity contribution in [3.8, 4) is 0 Å². The standard InChI is InChI=1S/C13H21FN2/c1-5-13(3,4)12(16-15)11-7-6-10(14)8-9(11)2/h6-8,12,16H,5,15H2,1-4H3. The highest BCUT2D eigenvalue weighted by Crippen LogP contribution is 2.36. The van der Waals surface area contributed by atoms with Crippen molar-refractivity contribution >= 4 is 0 Å². The first kappa shape index (κ1) is 13.1. The van der Waals surface area contributed by atoms with Gasteiger partial charge in [0.15, 0.2) is 0 Å². The Hall–Kier alpha value is -0.930. The van der Waals surface area contributed by atoms with Gasteiger partial charge in [0.25, 0.3) is 0 Å². The van der Waals surface area contributed by atoms with Gasteiger partial charge in [-0.1, -0.05) is 26.8 Å². The van der Waals surface area contributed by atoms with Crippen molar-refractivity contribution in [3.05, 3.63) is 35.1 Å². The Kier molecular flexibility index (Phi) is 4.05. The quantitative estimate of drug-likeness (QED) is 0.609. The number of rotatable bonds is 4. The van der Waals surface area contributed by atoms with E-state index in [4.69, 9.17) is 5.84 Å². The van der Waals surface area contributed by atoms with Crippen LogP contribution in [-0.2, 0) is 0 Å². The van der Waals surface area contributed by atoms with Crippen LogP contribution >= 0.6 is 0 Å². The molecular weight excluding hydrogens is 203 g/mol. The number of benzene rings is 1. The summed E-state index contributed by atoms with van der Waals surface area (Å²) in [5.41, 5.74) is 4.89. The molecule has 0 aliphatic heterocycles. The molecule has 0 bridgehead atoms. The highest BCUT2D eigenvalue weighted by Gasteiger charge is 2.29. The number of hydrogen-bond acceptors (Lipinski definition) is 2. The van der Waals surface area contributed by atoms with E-state index in [0.717, 1.165) is 17.5 Å². The van der Waals surface area contributed by atoms with Gasteiger partial charge in [-0.15, -0.1) is 0 Å². The van der Waals surface area contributed by atoms with E-state index >= 15 is 0 Å². The first-order valence-electron chi connectivity index (χ1n) is 5.64. The van der Waals surface area contributed by atoms with Gasteiger partial charge in [0.2, 0.25) is 0 Å². The molecule has 1 aromatic rings. The van der Waals surface area contributed by atoms with Crippen molar-refractivity contribution in [3.63, 3.8) is 0 Å². The summed E-state index contributed by atoms with van der Waals surface area (Å²) in [6.07, 6.45) is 0.999. The van der Waals surface area contributed by atoms with Gasteiger partial charge in [0, 0.05) is 0 Å². The number of hydrogen-bond donors (Lipinski definition) is 2. The fourth-order valence-corrected chi connectivity index (χ4v) is 1.90. The van der Waals surface area contributed by atoms with Crippen molar-refractivity contribution in [2.45, 2.75) is 40.2 Å². The lowest BCUT2D eigenvalue weighted by atomic mass is 9.77. The van der Waals surface area contributed by atoms with Gasteiger partial charge in [-0.2, -0.15) is 0 Å². The summed E-state index contributed by atoms with van der Waals surface area (Å²) in [6, 6.07) is 4.88. The highest BCUT2D eigenvalue weighted by atomic mass is 19.1. The summed E-state index contributed by atoms with van der Waals surface area (Å²) < 4.78 is 13.0. The minimum absolute atomic E-state index is 0.0390. The molecule has 0 saturated carbocycles. The van der Waals surface area contributed by atoms with Gasteiger partial charge >= 0.3 is 0 Å². The molecule has 90 valence electrons. The Bertz CT molecular complexity index is 361. The molecule has 2 nitrogen and oxygen atoms in total. The summed E-state index contributed by atoms with van der Waals surface area (Å²) in [6.45, 7) is 8.35. The van der Waals surface area contributed by atoms with Crippen LogP contribution in [0, 0.1) is 18.2 Å². The summed E-state index contributed by atoms with van der Waals surface area (Å²) in [4.78, 5) is 0. The fraction of sp³-hybridized carbons (Fsp3) is 0.538. The third-order valence-electron chi connectivity index (χ3n) is 3.40. The van der Waals surface area contributed by atoms with Gasteiger partial charge in [-0.25, -0.2) is 4.39 Å². The van der Waals surface area contributed by atoms with E-state index in [9.17, 15) is 4.39 Å². The van der Waals surface area contributed by atoms with Crippen LogP contribution in [0.3, 0.4) is 0 Å². The van der Waals surface area contributed by atoms with Crippen molar-refractivity contribution < 1.29 is 4.39 Å². The SMILES string of the molecule is CCC(C)(C)C(NN)c1ccc(F)cc1C. The maximum atomic E-state index is 13.0. The first-order valence-corrected chi connectivity index (χ1v) is 5.64. The number of hydrazine groups is 1. The van der Waals surface area contributed by atoms with Crippen LogP contribution in [0.4, 0.5) is 4.39 Å². The Morgan fingerprint density at radius 1 is 1.44 bits per heavy atom. The largest absolute Gasteiger partial charge is 0.271 e. The Morgan fingerprint density at radius 3 is 2.50 bits per heavy atom. The molecule has 0 saturated heterocycles. The molecule has 0 heterocycles. The van der Waals surface area contributed by atoms with Crippen LogP contribution < -0.4 is 11.3 Å². The molecule has 1 unspecified atom stereocenters. The van der Waals surface area contributed by atoms with E-state index in [-0.39, 0.29) is 17.3 Å². The zero-order chi connectivity index (χ0) is 12.3. The predicted molar refractivity (Wildman–Crippen MR) is 65.3 cm³/mol. The zero-order valence-electron chi connectivity index (χ0n) is 10.5. The van der Waals surface area contributed by atoms with Gasteiger partial charge in [0.1, 0.15) is 5.82 Å². The van der Waals surface area contributed by atoms with Gasteiger partial charge in [0.05, 0.1) is 6.04 Å². The van der Waals surface area contributed by atoms with Crippen molar-refractivity contribution in [2.24, 2.45) is 11.3 Å². The lowest BCUT2D eigenvalue weighted by Gasteiger charge is -2.34. The Labute approximate surface area is 97.0 Å². The molecule has 3 heteroatoms. The van der Waals surface area contributed by atoms with Gasteiger partial charge in [-0.05, 0) is 42.0 Å². The van der Waals surface area contributed by atoms with Gasteiger partial charge < -0.3 is 0 Å². The number of aryl methyl sites for hydroxylation is 1. The lowest BCUT2D eigenvalue weighted by Crippen LogP contribution is -2.38. The van der Waals surface area contributed by atoms with Crippen LogP contribution in [0.2, 0.25) is 0 Å².